The van der Waals surface area contributed by atoms with Crippen molar-refractivity contribution in [1.82, 2.24) is 4.98 Å². The summed E-state index contributed by atoms with van der Waals surface area (Å²) in [5.74, 6) is 0.461. The minimum atomic E-state index is -0.527. The Labute approximate surface area is 132 Å². The monoisotopic (exact) mass is 348 g/mol. The van der Waals surface area contributed by atoms with Gasteiger partial charge in [-0.15, -0.1) is 0 Å². The number of aromatic nitrogens is 1. The molecule has 5 heteroatoms. The summed E-state index contributed by atoms with van der Waals surface area (Å²) >= 11 is 3.44. The number of pyridine rings is 1. The largest absolute Gasteiger partial charge is 0.444 e. The van der Waals surface area contributed by atoms with E-state index < -0.39 is 11.7 Å². The van der Waals surface area contributed by atoms with E-state index in [4.69, 9.17) is 4.74 Å². The summed E-state index contributed by atoms with van der Waals surface area (Å²) < 4.78 is 6.19. The number of carbonyl (C=O) groups is 1. The number of carbonyl (C=O) groups excluding carboxylic acids is 1. The maximum absolute atomic E-state index is 11.6. The molecule has 0 atom stereocenters. The first-order valence-corrected chi connectivity index (χ1v) is 7.35. The minimum absolute atomic E-state index is 0.461. The Morgan fingerprint density at radius 2 is 1.95 bits per heavy atom. The van der Waals surface area contributed by atoms with E-state index in [9.17, 15) is 4.79 Å². The predicted molar refractivity (Wildman–Crippen MR) is 87.2 cm³/mol. The Hall–Kier alpha value is -1.88. The second-order valence-electron chi connectivity index (χ2n) is 5.57. The van der Waals surface area contributed by atoms with Crippen LogP contribution >= 0.6 is 15.9 Å². The molecule has 1 aromatic carbocycles. The molecule has 2 rings (SSSR count). The van der Waals surface area contributed by atoms with Gasteiger partial charge in [0.05, 0.1) is 0 Å². The van der Waals surface area contributed by atoms with Crippen molar-refractivity contribution in [2.24, 2.45) is 0 Å². The SMILES string of the molecule is CC(C)(C)OC(=O)Nc1ccc(-c2cccc(Br)c2)cn1. The molecule has 1 aromatic heterocycles. The third kappa shape index (κ3) is 4.86. The van der Waals surface area contributed by atoms with E-state index in [2.05, 4.69) is 26.2 Å². The smallest absolute Gasteiger partial charge is 0.413 e. The topological polar surface area (TPSA) is 51.2 Å². The van der Waals surface area contributed by atoms with Crippen molar-refractivity contribution in [2.75, 3.05) is 5.32 Å². The van der Waals surface area contributed by atoms with Gasteiger partial charge < -0.3 is 4.74 Å². The lowest BCUT2D eigenvalue weighted by atomic mass is 10.1. The summed E-state index contributed by atoms with van der Waals surface area (Å²) in [5.41, 5.74) is 1.51. The van der Waals surface area contributed by atoms with Crippen LogP contribution in [0.5, 0.6) is 0 Å². The molecule has 0 aliphatic carbocycles. The summed E-state index contributed by atoms with van der Waals surface area (Å²) in [6.07, 6.45) is 1.21. The van der Waals surface area contributed by atoms with Crippen molar-refractivity contribution in [3.8, 4) is 11.1 Å². The van der Waals surface area contributed by atoms with Gasteiger partial charge >= 0.3 is 6.09 Å². The zero-order valence-electron chi connectivity index (χ0n) is 12.2. The van der Waals surface area contributed by atoms with E-state index in [1.54, 1.807) is 12.3 Å². The molecule has 0 aliphatic heterocycles. The number of hydrogen-bond donors (Lipinski definition) is 1. The first kappa shape index (κ1) is 15.5. The predicted octanol–water partition coefficient (Wildman–Crippen LogP) is 4.86. The van der Waals surface area contributed by atoms with Crippen molar-refractivity contribution in [3.63, 3.8) is 0 Å². The van der Waals surface area contributed by atoms with E-state index in [1.165, 1.54) is 0 Å². The average Bonchev–Trinajstić information content (AvgIpc) is 2.37. The molecule has 0 unspecified atom stereocenters. The van der Waals surface area contributed by atoms with Crippen LogP contribution in [0.2, 0.25) is 0 Å². The summed E-state index contributed by atoms with van der Waals surface area (Å²) in [6.45, 7) is 5.45. The highest BCUT2D eigenvalue weighted by Gasteiger charge is 2.16. The van der Waals surface area contributed by atoms with Crippen LogP contribution in [-0.4, -0.2) is 16.7 Å². The van der Waals surface area contributed by atoms with Crippen LogP contribution in [0.4, 0.5) is 10.6 Å². The molecule has 0 saturated heterocycles. The molecule has 1 heterocycles. The van der Waals surface area contributed by atoms with Gasteiger partial charge in [-0.25, -0.2) is 9.78 Å². The number of hydrogen-bond acceptors (Lipinski definition) is 3. The van der Waals surface area contributed by atoms with Crippen molar-refractivity contribution in [2.45, 2.75) is 26.4 Å². The molecular weight excluding hydrogens is 332 g/mol. The maximum Gasteiger partial charge on any atom is 0.413 e. The molecule has 110 valence electrons. The number of nitrogens with one attached hydrogen (secondary N) is 1. The lowest BCUT2D eigenvalue weighted by Gasteiger charge is -2.19. The Balaban J connectivity index is 2.07. The number of halogens is 1. The van der Waals surface area contributed by atoms with Gasteiger partial charge in [-0.3, -0.25) is 5.32 Å². The van der Waals surface area contributed by atoms with E-state index >= 15 is 0 Å². The van der Waals surface area contributed by atoms with Crippen molar-refractivity contribution < 1.29 is 9.53 Å². The summed E-state index contributed by atoms with van der Waals surface area (Å²) in [5, 5.41) is 2.61. The molecule has 1 N–H and O–H groups in total. The zero-order chi connectivity index (χ0) is 15.5. The molecular formula is C16H17BrN2O2. The van der Waals surface area contributed by atoms with Crippen LogP contribution in [0.3, 0.4) is 0 Å². The van der Waals surface area contributed by atoms with E-state index in [0.29, 0.717) is 5.82 Å². The third-order valence-corrected chi connectivity index (χ3v) is 3.04. The molecule has 0 aliphatic rings. The van der Waals surface area contributed by atoms with Gasteiger partial charge in [-0.1, -0.05) is 28.1 Å². The highest BCUT2D eigenvalue weighted by molar-refractivity contribution is 9.10. The number of rotatable bonds is 2. The van der Waals surface area contributed by atoms with Gasteiger partial charge in [-0.2, -0.15) is 0 Å². The van der Waals surface area contributed by atoms with Crippen LogP contribution in [0.15, 0.2) is 47.1 Å². The Kier molecular flexibility index (Phi) is 4.63. The molecule has 0 spiro atoms. The quantitative estimate of drug-likeness (QED) is 0.843. The van der Waals surface area contributed by atoms with Gasteiger partial charge in [0.1, 0.15) is 11.4 Å². The lowest BCUT2D eigenvalue weighted by Crippen LogP contribution is -2.27. The number of amides is 1. The molecule has 2 aromatic rings. The molecule has 0 bridgehead atoms. The Bertz CT molecular complexity index is 633. The van der Waals surface area contributed by atoms with E-state index in [1.807, 2.05) is 51.1 Å². The number of nitrogens with zero attached hydrogens (tertiary/aromatic N) is 1. The second-order valence-corrected chi connectivity index (χ2v) is 6.49. The average molecular weight is 349 g/mol. The minimum Gasteiger partial charge on any atom is -0.444 e. The van der Waals surface area contributed by atoms with Crippen molar-refractivity contribution >= 4 is 27.8 Å². The zero-order valence-corrected chi connectivity index (χ0v) is 13.8. The number of ether oxygens (including phenoxy) is 1. The van der Waals surface area contributed by atoms with Gasteiger partial charge in [0.25, 0.3) is 0 Å². The standard InChI is InChI=1S/C16H17BrN2O2/c1-16(2,3)21-15(20)19-14-8-7-12(10-18-14)11-5-4-6-13(17)9-11/h4-10H,1-3H3,(H,18,19,20). The summed E-state index contributed by atoms with van der Waals surface area (Å²) in [7, 11) is 0. The molecule has 1 amide bonds. The summed E-state index contributed by atoms with van der Waals surface area (Å²) in [4.78, 5) is 15.9. The molecule has 21 heavy (non-hydrogen) atoms. The normalized spacial score (nSPS) is 11.0. The first-order valence-electron chi connectivity index (χ1n) is 6.55. The Morgan fingerprint density at radius 1 is 1.19 bits per heavy atom. The fourth-order valence-electron chi connectivity index (χ4n) is 1.71. The maximum atomic E-state index is 11.6. The molecule has 0 saturated carbocycles. The number of anilines is 1. The van der Waals surface area contributed by atoms with E-state index in [-0.39, 0.29) is 0 Å². The third-order valence-electron chi connectivity index (χ3n) is 2.55. The van der Waals surface area contributed by atoms with Crippen molar-refractivity contribution in [3.05, 3.63) is 47.1 Å². The highest BCUT2D eigenvalue weighted by atomic mass is 79.9. The fourth-order valence-corrected chi connectivity index (χ4v) is 2.11. The molecule has 0 fully saturated rings. The van der Waals surface area contributed by atoms with Gasteiger partial charge in [0, 0.05) is 16.2 Å². The van der Waals surface area contributed by atoms with Gasteiger partial charge in [0.2, 0.25) is 0 Å². The Morgan fingerprint density at radius 3 is 2.52 bits per heavy atom. The first-order chi connectivity index (χ1) is 9.83. The fraction of sp³-hybridized carbons (Fsp3) is 0.250. The van der Waals surface area contributed by atoms with Crippen LogP contribution in [-0.2, 0) is 4.74 Å². The highest BCUT2D eigenvalue weighted by Crippen LogP contribution is 2.23. The van der Waals surface area contributed by atoms with Gasteiger partial charge in [0.15, 0.2) is 0 Å². The second kappa shape index (κ2) is 6.26. The lowest BCUT2D eigenvalue weighted by molar-refractivity contribution is 0.0635. The van der Waals surface area contributed by atoms with Crippen LogP contribution in [0.25, 0.3) is 11.1 Å². The number of benzene rings is 1. The van der Waals surface area contributed by atoms with Crippen LogP contribution < -0.4 is 5.32 Å². The van der Waals surface area contributed by atoms with Crippen molar-refractivity contribution in [1.29, 1.82) is 0 Å². The van der Waals surface area contributed by atoms with Crippen LogP contribution in [0.1, 0.15) is 20.8 Å². The van der Waals surface area contributed by atoms with Crippen LogP contribution in [0, 0.1) is 0 Å². The molecule has 4 nitrogen and oxygen atoms in total. The summed E-state index contributed by atoms with van der Waals surface area (Å²) in [6, 6.07) is 11.6. The molecule has 0 radical (unpaired) electrons. The van der Waals surface area contributed by atoms with E-state index in [0.717, 1.165) is 15.6 Å². The van der Waals surface area contributed by atoms with Gasteiger partial charge in [-0.05, 0) is 50.6 Å².